The lowest BCUT2D eigenvalue weighted by molar-refractivity contribution is 0.702. The molecule has 0 unspecified atom stereocenters. The minimum atomic E-state index is 0.339. The Kier molecular flexibility index (Phi) is 6.73. The summed E-state index contributed by atoms with van der Waals surface area (Å²) in [5.41, 5.74) is 0. The molecule has 5 nitrogen and oxygen atoms in total. The van der Waals surface area contributed by atoms with Crippen LogP contribution in [0.15, 0.2) is 17.3 Å². The molecule has 1 aromatic rings. The number of rotatable bonds is 5. The van der Waals surface area contributed by atoms with Gasteiger partial charge in [0.05, 0.1) is 10.0 Å². The topological polar surface area (TPSA) is 61.3 Å². The average molecular weight is 304 g/mol. The molecule has 3 N–H and O–H groups in total. The molecule has 1 rings (SSSR count). The molecule has 0 aliphatic heterocycles. The van der Waals surface area contributed by atoms with Crippen molar-refractivity contribution in [2.45, 2.75) is 19.9 Å². The third kappa shape index (κ3) is 5.98. The summed E-state index contributed by atoms with van der Waals surface area (Å²) in [6.07, 6.45) is 1.56. The summed E-state index contributed by atoms with van der Waals surface area (Å²) in [7, 11) is 1.74. The van der Waals surface area contributed by atoms with Crippen molar-refractivity contribution in [2.75, 3.05) is 25.5 Å². The second-order valence-corrected chi connectivity index (χ2v) is 5.05. The van der Waals surface area contributed by atoms with Crippen LogP contribution in [0.1, 0.15) is 13.8 Å². The molecule has 0 aromatic carbocycles. The quantitative estimate of drug-likeness (QED) is 0.444. The highest BCUT2D eigenvalue weighted by Crippen LogP contribution is 2.21. The molecule has 19 heavy (non-hydrogen) atoms. The standard InChI is InChI=1S/C12H19Cl2N5/c1-8(2)19-12(15-3)17-5-4-16-11-10(14)6-9(13)7-18-11/h6-8H,4-5H2,1-3H3,(H,16,18)(H2,15,17,19). The van der Waals surface area contributed by atoms with Gasteiger partial charge in [-0.3, -0.25) is 4.99 Å². The Balaban J connectivity index is 2.34. The highest BCUT2D eigenvalue weighted by Gasteiger charge is 2.02. The van der Waals surface area contributed by atoms with Gasteiger partial charge in [0.1, 0.15) is 5.82 Å². The Morgan fingerprint density at radius 2 is 2.11 bits per heavy atom. The third-order valence-corrected chi connectivity index (χ3v) is 2.66. The Labute approximate surface area is 123 Å². The van der Waals surface area contributed by atoms with Crippen LogP contribution in [0.5, 0.6) is 0 Å². The predicted molar refractivity (Wildman–Crippen MR) is 82.4 cm³/mol. The number of nitrogens with one attached hydrogen (secondary N) is 3. The van der Waals surface area contributed by atoms with Gasteiger partial charge < -0.3 is 16.0 Å². The van der Waals surface area contributed by atoms with Gasteiger partial charge in [-0.15, -0.1) is 0 Å². The number of aromatic nitrogens is 1. The van der Waals surface area contributed by atoms with Gasteiger partial charge in [0.2, 0.25) is 0 Å². The molecule has 0 saturated carbocycles. The van der Waals surface area contributed by atoms with E-state index in [2.05, 4.69) is 39.8 Å². The van der Waals surface area contributed by atoms with Gasteiger partial charge in [-0.05, 0) is 19.9 Å². The number of hydrogen-bond acceptors (Lipinski definition) is 3. The van der Waals surface area contributed by atoms with Gasteiger partial charge >= 0.3 is 0 Å². The highest BCUT2D eigenvalue weighted by atomic mass is 35.5. The van der Waals surface area contributed by atoms with E-state index in [1.807, 2.05) is 0 Å². The molecule has 7 heteroatoms. The lowest BCUT2D eigenvalue weighted by Gasteiger charge is -2.14. The minimum absolute atomic E-state index is 0.339. The fraction of sp³-hybridized carbons (Fsp3) is 0.500. The van der Waals surface area contributed by atoms with Gasteiger partial charge in [0.15, 0.2) is 5.96 Å². The summed E-state index contributed by atoms with van der Waals surface area (Å²) >= 11 is 11.8. The van der Waals surface area contributed by atoms with E-state index in [4.69, 9.17) is 23.2 Å². The van der Waals surface area contributed by atoms with E-state index in [1.54, 1.807) is 19.3 Å². The van der Waals surface area contributed by atoms with Crippen molar-refractivity contribution in [3.63, 3.8) is 0 Å². The predicted octanol–water partition coefficient (Wildman–Crippen LogP) is 2.37. The van der Waals surface area contributed by atoms with Gasteiger partial charge in [0, 0.05) is 32.4 Å². The molecule has 0 aliphatic rings. The van der Waals surface area contributed by atoms with Crippen LogP contribution in [0, 0.1) is 0 Å². The first-order valence-corrected chi connectivity index (χ1v) is 6.80. The third-order valence-electron chi connectivity index (χ3n) is 2.17. The van der Waals surface area contributed by atoms with Crippen molar-refractivity contribution in [1.82, 2.24) is 15.6 Å². The van der Waals surface area contributed by atoms with E-state index >= 15 is 0 Å². The van der Waals surface area contributed by atoms with Gasteiger partial charge in [-0.25, -0.2) is 4.98 Å². The Hall–Kier alpha value is -1.20. The lowest BCUT2D eigenvalue weighted by atomic mass is 10.4. The number of aliphatic imine (C=N–C) groups is 1. The van der Waals surface area contributed by atoms with Gasteiger partial charge in [-0.2, -0.15) is 0 Å². The number of guanidine groups is 1. The van der Waals surface area contributed by atoms with Crippen LogP contribution in [-0.4, -0.2) is 37.1 Å². The summed E-state index contributed by atoms with van der Waals surface area (Å²) in [6.45, 7) is 5.49. The van der Waals surface area contributed by atoms with Crippen LogP contribution in [0.4, 0.5) is 5.82 Å². The largest absolute Gasteiger partial charge is 0.367 e. The molecule has 0 bridgehead atoms. The second kappa shape index (κ2) is 8.07. The minimum Gasteiger partial charge on any atom is -0.367 e. The van der Waals surface area contributed by atoms with Gasteiger partial charge in [-0.1, -0.05) is 23.2 Å². The first-order chi connectivity index (χ1) is 9.02. The molecule has 0 atom stereocenters. The number of hydrogen-bond donors (Lipinski definition) is 3. The first-order valence-electron chi connectivity index (χ1n) is 6.05. The fourth-order valence-electron chi connectivity index (χ4n) is 1.37. The van der Waals surface area contributed by atoms with Crippen LogP contribution in [-0.2, 0) is 0 Å². The highest BCUT2D eigenvalue weighted by molar-refractivity contribution is 6.35. The van der Waals surface area contributed by atoms with Crippen LogP contribution < -0.4 is 16.0 Å². The molecule has 0 spiro atoms. The molecule has 0 radical (unpaired) electrons. The van der Waals surface area contributed by atoms with Crippen molar-refractivity contribution in [1.29, 1.82) is 0 Å². The van der Waals surface area contributed by atoms with Crippen molar-refractivity contribution in [3.05, 3.63) is 22.3 Å². The molecular formula is C12H19Cl2N5. The smallest absolute Gasteiger partial charge is 0.191 e. The molecule has 0 saturated heterocycles. The van der Waals surface area contributed by atoms with Crippen LogP contribution in [0.25, 0.3) is 0 Å². The number of pyridine rings is 1. The first kappa shape index (κ1) is 15.9. The summed E-state index contributed by atoms with van der Waals surface area (Å²) in [4.78, 5) is 8.22. The number of anilines is 1. The molecule has 106 valence electrons. The van der Waals surface area contributed by atoms with Crippen molar-refractivity contribution < 1.29 is 0 Å². The van der Waals surface area contributed by atoms with E-state index in [0.717, 1.165) is 5.96 Å². The summed E-state index contributed by atoms with van der Waals surface area (Å²) in [5.74, 6) is 1.40. The SMILES string of the molecule is CN=C(NCCNc1ncc(Cl)cc1Cl)NC(C)C. The van der Waals surface area contributed by atoms with Crippen molar-refractivity contribution in [3.8, 4) is 0 Å². The summed E-state index contributed by atoms with van der Waals surface area (Å²) in [6, 6.07) is 2.00. The second-order valence-electron chi connectivity index (χ2n) is 4.21. The molecule has 1 heterocycles. The zero-order valence-electron chi connectivity index (χ0n) is 11.3. The van der Waals surface area contributed by atoms with E-state index in [0.29, 0.717) is 35.0 Å². The molecule has 0 aliphatic carbocycles. The van der Waals surface area contributed by atoms with Crippen molar-refractivity contribution in [2.24, 2.45) is 4.99 Å². The van der Waals surface area contributed by atoms with Crippen LogP contribution in [0.3, 0.4) is 0 Å². The number of halogens is 2. The van der Waals surface area contributed by atoms with E-state index in [1.165, 1.54) is 0 Å². The Morgan fingerprint density at radius 3 is 2.68 bits per heavy atom. The fourth-order valence-corrected chi connectivity index (χ4v) is 1.82. The van der Waals surface area contributed by atoms with Gasteiger partial charge in [0.25, 0.3) is 0 Å². The number of nitrogens with zero attached hydrogens (tertiary/aromatic N) is 2. The Morgan fingerprint density at radius 1 is 1.37 bits per heavy atom. The molecular weight excluding hydrogens is 285 g/mol. The Bertz CT molecular complexity index is 434. The molecule has 0 fully saturated rings. The molecule has 0 amide bonds. The normalized spacial score (nSPS) is 11.6. The zero-order valence-corrected chi connectivity index (χ0v) is 12.8. The maximum Gasteiger partial charge on any atom is 0.191 e. The zero-order chi connectivity index (χ0) is 14.3. The van der Waals surface area contributed by atoms with Crippen LogP contribution in [0.2, 0.25) is 10.0 Å². The van der Waals surface area contributed by atoms with E-state index in [-0.39, 0.29) is 0 Å². The average Bonchev–Trinajstić information content (AvgIpc) is 2.34. The van der Waals surface area contributed by atoms with Crippen molar-refractivity contribution >= 4 is 35.0 Å². The summed E-state index contributed by atoms with van der Waals surface area (Å²) in [5, 5.41) is 10.5. The lowest BCUT2D eigenvalue weighted by Crippen LogP contribution is -2.42. The van der Waals surface area contributed by atoms with E-state index in [9.17, 15) is 0 Å². The maximum absolute atomic E-state index is 6.00. The summed E-state index contributed by atoms with van der Waals surface area (Å²) < 4.78 is 0. The van der Waals surface area contributed by atoms with E-state index < -0.39 is 0 Å². The maximum atomic E-state index is 6.00. The van der Waals surface area contributed by atoms with Crippen LogP contribution >= 0.6 is 23.2 Å². The monoisotopic (exact) mass is 303 g/mol. The molecule has 1 aromatic heterocycles.